The van der Waals surface area contributed by atoms with Crippen LogP contribution in [0.25, 0.3) is 0 Å². The number of rotatable bonds is 3. The predicted molar refractivity (Wildman–Crippen MR) is 115 cm³/mol. The van der Waals surface area contributed by atoms with Gasteiger partial charge in [0.25, 0.3) is 5.91 Å². The summed E-state index contributed by atoms with van der Waals surface area (Å²) in [6, 6.07) is 7.67. The fourth-order valence-corrected chi connectivity index (χ4v) is 4.87. The lowest BCUT2D eigenvalue weighted by Gasteiger charge is -2.33. The zero-order chi connectivity index (χ0) is 21.5. The lowest BCUT2D eigenvalue weighted by atomic mass is 9.99. The number of alkyl halides is 1. The first kappa shape index (κ1) is 20.0. The summed E-state index contributed by atoms with van der Waals surface area (Å²) in [6.45, 7) is 3.78. The normalized spacial score (nSPS) is 22.7. The van der Waals surface area contributed by atoms with E-state index in [-0.39, 0.29) is 23.5 Å². The second kappa shape index (κ2) is 7.94. The van der Waals surface area contributed by atoms with Crippen molar-refractivity contribution in [2.24, 2.45) is 11.8 Å². The van der Waals surface area contributed by atoms with Crippen LogP contribution in [0.2, 0.25) is 0 Å². The highest BCUT2D eigenvalue weighted by molar-refractivity contribution is 6.02. The Labute approximate surface area is 181 Å². The number of hydrogen-bond acceptors (Lipinski definition) is 5. The number of nitrogens with zero attached hydrogens (tertiary/aromatic N) is 3. The van der Waals surface area contributed by atoms with Gasteiger partial charge < -0.3 is 14.5 Å². The number of hydrogen-bond donors (Lipinski definition) is 0. The van der Waals surface area contributed by atoms with Crippen molar-refractivity contribution in [1.29, 1.82) is 0 Å². The second-order valence-corrected chi connectivity index (χ2v) is 8.77. The van der Waals surface area contributed by atoms with Crippen molar-refractivity contribution < 1.29 is 18.7 Å². The van der Waals surface area contributed by atoms with Crippen LogP contribution in [-0.4, -0.2) is 54.5 Å². The Hall–Kier alpha value is -2.96. The summed E-state index contributed by atoms with van der Waals surface area (Å²) in [6.07, 6.45) is 3.99. The summed E-state index contributed by atoms with van der Waals surface area (Å²) in [5.41, 5.74) is 3.32. The van der Waals surface area contributed by atoms with E-state index in [0.717, 1.165) is 36.1 Å². The Morgan fingerprint density at radius 3 is 3.00 bits per heavy atom. The minimum absolute atomic E-state index is 0.0284. The number of carbonyl (C=O) groups is 2. The van der Waals surface area contributed by atoms with Crippen molar-refractivity contribution in [2.75, 3.05) is 37.8 Å². The van der Waals surface area contributed by atoms with Gasteiger partial charge in [-0.2, -0.15) is 0 Å². The average molecular weight is 423 g/mol. The SMILES string of the molecule is CC1Cc2cc(N3CCOc4cc(C(=O)N5CCCC(CF)C5)cnc43)ccc2C1=O. The number of ketones is 1. The van der Waals surface area contributed by atoms with Crippen LogP contribution < -0.4 is 9.64 Å². The number of anilines is 2. The quantitative estimate of drug-likeness (QED) is 0.751. The van der Waals surface area contributed by atoms with Crippen molar-refractivity contribution in [3.8, 4) is 5.75 Å². The third-order valence-corrected chi connectivity index (χ3v) is 6.57. The standard InChI is InChI=1S/C24H26FN3O3/c1-15-9-17-10-19(4-5-20(17)22(15)29)28-7-8-31-21-11-18(13-26-23(21)28)24(30)27-6-2-3-16(12-25)14-27/h4-5,10-11,13,15-16H,2-3,6-9,12,14H2,1H3. The van der Waals surface area contributed by atoms with Gasteiger partial charge in [-0.3, -0.25) is 14.0 Å². The lowest BCUT2D eigenvalue weighted by molar-refractivity contribution is 0.0655. The number of halogens is 1. The number of amides is 1. The molecule has 1 aliphatic carbocycles. The first-order chi connectivity index (χ1) is 15.0. The summed E-state index contributed by atoms with van der Waals surface area (Å²) in [7, 11) is 0. The monoisotopic (exact) mass is 423 g/mol. The van der Waals surface area contributed by atoms with Gasteiger partial charge in [0.15, 0.2) is 17.4 Å². The number of fused-ring (bicyclic) bond motifs is 2. The van der Waals surface area contributed by atoms with E-state index in [2.05, 4.69) is 16.0 Å². The molecule has 0 bridgehead atoms. The largest absolute Gasteiger partial charge is 0.488 e. The Morgan fingerprint density at radius 2 is 2.16 bits per heavy atom. The lowest BCUT2D eigenvalue weighted by Crippen LogP contribution is -2.40. The van der Waals surface area contributed by atoms with Crippen molar-refractivity contribution in [3.63, 3.8) is 0 Å². The molecule has 7 heteroatoms. The molecule has 1 fully saturated rings. The predicted octanol–water partition coefficient (Wildman–Crippen LogP) is 3.81. The van der Waals surface area contributed by atoms with Crippen LogP contribution >= 0.6 is 0 Å². The number of benzene rings is 1. The molecule has 2 atom stereocenters. The highest BCUT2D eigenvalue weighted by Gasteiger charge is 2.30. The van der Waals surface area contributed by atoms with E-state index in [1.807, 2.05) is 19.1 Å². The summed E-state index contributed by atoms with van der Waals surface area (Å²) >= 11 is 0. The first-order valence-electron chi connectivity index (χ1n) is 11.0. The molecule has 1 aromatic heterocycles. The maximum atomic E-state index is 13.1. The molecule has 162 valence electrons. The molecule has 0 saturated carbocycles. The Kier molecular flexibility index (Phi) is 5.12. The third kappa shape index (κ3) is 3.56. The fraction of sp³-hybridized carbons (Fsp3) is 0.458. The fourth-order valence-electron chi connectivity index (χ4n) is 4.87. The Bertz CT molecular complexity index is 1040. The van der Waals surface area contributed by atoms with E-state index in [4.69, 9.17) is 4.74 Å². The third-order valence-electron chi connectivity index (χ3n) is 6.57. The van der Waals surface area contributed by atoms with Crippen molar-refractivity contribution >= 4 is 23.2 Å². The van der Waals surface area contributed by atoms with E-state index in [1.165, 1.54) is 0 Å². The summed E-state index contributed by atoms with van der Waals surface area (Å²) in [4.78, 5) is 33.6. The molecule has 1 amide bonds. The Morgan fingerprint density at radius 1 is 1.29 bits per heavy atom. The number of likely N-dealkylation sites (tertiary alicyclic amines) is 1. The van der Waals surface area contributed by atoms with E-state index in [1.54, 1.807) is 17.2 Å². The summed E-state index contributed by atoms with van der Waals surface area (Å²) in [5.74, 6) is 1.27. The van der Waals surface area contributed by atoms with Gasteiger partial charge in [0, 0.05) is 42.4 Å². The molecular weight excluding hydrogens is 397 g/mol. The molecule has 3 aliphatic rings. The minimum atomic E-state index is -0.393. The molecule has 0 spiro atoms. The summed E-state index contributed by atoms with van der Waals surface area (Å²) < 4.78 is 18.9. The van der Waals surface area contributed by atoms with E-state index >= 15 is 0 Å². The molecule has 2 aromatic rings. The smallest absolute Gasteiger partial charge is 0.255 e. The highest BCUT2D eigenvalue weighted by atomic mass is 19.1. The zero-order valence-electron chi connectivity index (χ0n) is 17.6. The van der Waals surface area contributed by atoms with Crippen LogP contribution in [0.4, 0.5) is 15.9 Å². The van der Waals surface area contributed by atoms with Crippen LogP contribution in [0.3, 0.4) is 0 Å². The molecule has 0 radical (unpaired) electrons. The molecular formula is C24H26FN3O3. The molecule has 0 N–H and O–H groups in total. The highest BCUT2D eigenvalue weighted by Crippen LogP contribution is 2.38. The second-order valence-electron chi connectivity index (χ2n) is 8.77. The number of carbonyl (C=O) groups excluding carboxylic acids is 2. The topological polar surface area (TPSA) is 62.7 Å². The van der Waals surface area contributed by atoms with Crippen LogP contribution in [0.5, 0.6) is 5.75 Å². The van der Waals surface area contributed by atoms with Crippen LogP contribution in [-0.2, 0) is 6.42 Å². The maximum Gasteiger partial charge on any atom is 0.255 e. The maximum absolute atomic E-state index is 13.1. The van der Waals surface area contributed by atoms with Gasteiger partial charge >= 0.3 is 0 Å². The van der Waals surface area contributed by atoms with Crippen LogP contribution in [0.1, 0.15) is 46.0 Å². The van der Waals surface area contributed by atoms with Crippen molar-refractivity contribution in [3.05, 3.63) is 47.2 Å². The van der Waals surface area contributed by atoms with Gasteiger partial charge in [0.05, 0.1) is 18.8 Å². The number of piperidine rings is 1. The average Bonchev–Trinajstić information content (AvgIpc) is 3.10. The van der Waals surface area contributed by atoms with Gasteiger partial charge in [0.1, 0.15) is 6.61 Å². The molecule has 3 heterocycles. The summed E-state index contributed by atoms with van der Waals surface area (Å²) in [5, 5.41) is 0. The van der Waals surface area contributed by atoms with Gasteiger partial charge in [-0.05, 0) is 49.1 Å². The number of ether oxygens (including phenoxy) is 1. The number of pyridine rings is 1. The van der Waals surface area contributed by atoms with Gasteiger partial charge in [-0.1, -0.05) is 6.92 Å². The first-order valence-corrected chi connectivity index (χ1v) is 11.0. The Balaban J connectivity index is 1.41. The number of Topliss-reactive ketones (excluding diaryl/α,β-unsaturated/α-hetero) is 1. The van der Waals surface area contributed by atoms with Crippen molar-refractivity contribution in [2.45, 2.75) is 26.2 Å². The number of aromatic nitrogens is 1. The van der Waals surface area contributed by atoms with Gasteiger partial charge in [0.2, 0.25) is 0 Å². The van der Waals surface area contributed by atoms with Crippen LogP contribution in [0.15, 0.2) is 30.5 Å². The van der Waals surface area contributed by atoms with E-state index < -0.39 is 6.67 Å². The molecule has 31 heavy (non-hydrogen) atoms. The van der Waals surface area contributed by atoms with Crippen LogP contribution in [0, 0.1) is 11.8 Å². The van der Waals surface area contributed by atoms with E-state index in [9.17, 15) is 14.0 Å². The molecule has 2 aliphatic heterocycles. The molecule has 1 saturated heterocycles. The van der Waals surface area contributed by atoms with Gasteiger partial charge in [-0.25, -0.2) is 4.98 Å². The zero-order valence-corrected chi connectivity index (χ0v) is 17.6. The van der Waals surface area contributed by atoms with Crippen molar-refractivity contribution in [1.82, 2.24) is 9.88 Å². The van der Waals surface area contributed by atoms with E-state index in [0.29, 0.717) is 43.4 Å². The van der Waals surface area contributed by atoms with Gasteiger partial charge in [-0.15, -0.1) is 0 Å². The molecule has 5 rings (SSSR count). The minimum Gasteiger partial charge on any atom is -0.488 e. The molecule has 6 nitrogen and oxygen atoms in total. The molecule has 1 aromatic carbocycles. The molecule has 2 unspecified atom stereocenters.